The Bertz CT molecular complexity index is 464. The van der Waals surface area contributed by atoms with Gasteiger partial charge in [0.1, 0.15) is 0 Å². The van der Waals surface area contributed by atoms with Crippen LogP contribution in [0.15, 0.2) is 18.2 Å². The van der Waals surface area contributed by atoms with E-state index in [9.17, 15) is 9.59 Å². The van der Waals surface area contributed by atoms with Gasteiger partial charge >= 0.3 is 0 Å². The minimum atomic E-state index is -0.227. The highest BCUT2D eigenvalue weighted by Gasteiger charge is 2.09. The normalized spacial score (nSPS) is 10.1. The molecule has 6 heteroatoms. The first kappa shape index (κ1) is 15.8. The van der Waals surface area contributed by atoms with E-state index in [2.05, 4.69) is 10.6 Å². The number of amides is 2. The Morgan fingerprint density at radius 1 is 1.26 bits per heavy atom. The number of hydrogen-bond acceptors (Lipinski definition) is 2. The number of rotatable bonds is 6. The SMILES string of the molecule is CNC(=O)c1ccc(Cl)c(NC(=O)CCCCCl)c1. The Labute approximate surface area is 122 Å². The number of alkyl halides is 1. The van der Waals surface area contributed by atoms with Crippen LogP contribution in [0.25, 0.3) is 0 Å². The third kappa shape index (κ3) is 5.09. The highest BCUT2D eigenvalue weighted by Crippen LogP contribution is 2.23. The smallest absolute Gasteiger partial charge is 0.251 e. The summed E-state index contributed by atoms with van der Waals surface area (Å²) in [6, 6.07) is 4.74. The maximum atomic E-state index is 11.7. The Morgan fingerprint density at radius 3 is 2.63 bits per heavy atom. The summed E-state index contributed by atoms with van der Waals surface area (Å²) >= 11 is 11.5. The molecular formula is C13H16Cl2N2O2. The average Bonchev–Trinajstić information content (AvgIpc) is 2.40. The Morgan fingerprint density at radius 2 is 2.00 bits per heavy atom. The second kappa shape index (κ2) is 8.02. The lowest BCUT2D eigenvalue weighted by atomic mass is 10.1. The van der Waals surface area contributed by atoms with Crippen molar-refractivity contribution in [2.24, 2.45) is 0 Å². The molecule has 2 N–H and O–H groups in total. The summed E-state index contributed by atoms with van der Waals surface area (Å²) in [5.74, 6) is 0.176. The van der Waals surface area contributed by atoms with Gasteiger partial charge in [0, 0.05) is 24.9 Å². The number of nitrogens with one attached hydrogen (secondary N) is 2. The van der Waals surface area contributed by atoms with Crippen LogP contribution in [0.1, 0.15) is 29.6 Å². The lowest BCUT2D eigenvalue weighted by Crippen LogP contribution is -2.18. The summed E-state index contributed by atoms with van der Waals surface area (Å²) in [6.45, 7) is 0. The van der Waals surface area contributed by atoms with Crippen molar-refractivity contribution in [1.82, 2.24) is 5.32 Å². The van der Waals surface area contributed by atoms with Gasteiger partial charge in [-0.05, 0) is 31.0 Å². The minimum absolute atomic E-state index is 0.138. The Hall–Kier alpha value is -1.26. The molecule has 0 spiro atoms. The molecule has 0 saturated heterocycles. The number of unbranched alkanes of at least 4 members (excludes halogenated alkanes) is 1. The molecular weight excluding hydrogens is 287 g/mol. The molecule has 19 heavy (non-hydrogen) atoms. The second-order valence-electron chi connectivity index (χ2n) is 3.97. The van der Waals surface area contributed by atoms with Crippen LogP contribution < -0.4 is 10.6 Å². The van der Waals surface area contributed by atoms with Crippen LogP contribution >= 0.6 is 23.2 Å². The summed E-state index contributed by atoms with van der Waals surface area (Å²) in [7, 11) is 1.54. The van der Waals surface area contributed by atoms with Gasteiger partial charge in [-0.2, -0.15) is 0 Å². The maximum absolute atomic E-state index is 11.7. The van der Waals surface area contributed by atoms with E-state index in [1.165, 1.54) is 0 Å². The zero-order valence-corrected chi connectivity index (χ0v) is 12.1. The van der Waals surface area contributed by atoms with Crippen molar-refractivity contribution < 1.29 is 9.59 Å². The van der Waals surface area contributed by atoms with Gasteiger partial charge in [-0.1, -0.05) is 11.6 Å². The van der Waals surface area contributed by atoms with Crippen LogP contribution in [0.2, 0.25) is 5.02 Å². The van der Waals surface area contributed by atoms with E-state index >= 15 is 0 Å². The summed E-state index contributed by atoms with van der Waals surface area (Å²) in [4.78, 5) is 23.2. The molecule has 0 unspecified atom stereocenters. The zero-order chi connectivity index (χ0) is 14.3. The van der Waals surface area contributed by atoms with Gasteiger partial charge in [0.15, 0.2) is 0 Å². The molecule has 1 aromatic carbocycles. The van der Waals surface area contributed by atoms with Crippen LogP contribution in [0.5, 0.6) is 0 Å². The molecule has 0 radical (unpaired) electrons. The van der Waals surface area contributed by atoms with E-state index in [1.54, 1.807) is 25.2 Å². The van der Waals surface area contributed by atoms with Crippen molar-refractivity contribution in [2.45, 2.75) is 19.3 Å². The average molecular weight is 303 g/mol. The summed E-state index contributed by atoms with van der Waals surface area (Å²) < 4.78 is 0. The number of halogens is 2. The third-order valence-corrected chi connectivity index (χ3v) is 3.11. The molecule has 1 rings (SSSR count). The highest BCUT2D eigenvalue weighted by molar-refractivity contribution is 6.33. The van der Waals surface area contributed by atoms with Gasteiger partial charge < -0.3 is 10.6 Å². The molecule has 0 atom stereocenters. The zero-order valence-electron chi connectivity index (χ0n) is 10.6. The summed E-state index contributed by atoms with van der Waals surface area (Å²) in [5.41, 5.74) is 0.890. The van der Waals surface area contributed by atoms with E-state index in [-0.39, 0.29) is 11.8 Å². The van der Waals surface area contributed by atoms with E-state index in [0.717, 1.165) is 12.8 Å². The second-order valence-corrected chi connectivity index (χ2v) is 4.75. The van der Waals surface area contributed by atoms with Crippen molar-refractivity contribution >= 4 is 40.7 Å². The quantitative estimate of drug-likeness (QED) is 0.627. The van der Waals surface area contributed by atoms with Crippen molar-refractivity contribution in [1.29, 1.82) is 0 Å². The fourth-order valence-corrected chi connectivity index (χ4v) is 1.85. The molecule has 0 fully saturated rings. The lowest BCUT2D eigenvalue weighted by molar-refractivity contribution is -0.116. The van der Waals surface area contributed by atoms with Crippen LogP contribution in [0.3, 0.4) is 0 Å². The molecule has 0 aliphatic carbocycles. The van der Waals surface area contributed by atoms with Gasteiger partial charge in [0.25, 0.3) is 5.91 Å². The summed E-state index contributed by atoms with van der Waals surface area (Å²) in [6.07, 6.45) is 1.90. The molecule has 0 saturated carbocycles. The van der Waals surface area contributed by atoms with Gasteiger partial charge in [-0.15, -0.1) is 11.6 Å². The highest BCUT2D eigenvalue weighted by atomic mass is 35.5. The molecule has 1 aromatic rings. The number of hydrogen-bond donors (Lipinski definition) is 2. The predicted molar refractivity (Wildman–Crippen MR) is 78.0 cm³/mol. The first-order valence-corrected chi connectivity index (χ1v) is 6.87. The number of carbonyl (C=O) groups excluding carboxylic acids is 2. The van der Waals surface area contributed by atoms with E-state index < -0.39 is 0 Å². The molecule has 2 amide bonds. The first-order valence-electron chi connectivity index (χ1n) is 5.96. The number of anilines is 1. The van der Waals surface area contributed by atoms with Crippen molar-refractivity contribution in [2.75, 3.05) is 18.2 Å². The van der Waals surface area contributed by atoms with Gasteiger partial charge in [0.2, 0.25) is 5.91 Å². The third-order valence-electron chi connectivity index (χ3n) is 2.52. The van der Waals surface area contributed by atoms with Gasteiger partial charge in [-0.25, -0.2) is 0 Å². The van der Waals surface area contributed by atoms with Crippen LogP contribution in [0, 0.1) is 0 Å². The topological polar surface area (TPSA) is 58.2 Å². The van der Waals surface area contributed by atoms with E-state index in [0.29, 0.717) is 28.6 Å². The van der Waals surface area contributed by atoms with Crippen LogP contribution in [-0.2, 0) is 4.79 Å². The fourth-order valence-electron chi connectivity index (χ4n) is 1.50. The Kier molecular flexibility index (Phi) is 6.67. The van der Waals surface area contributed by atoms with Crippen LogP contribution in [-0.4, -0.2) is 24.7 Å². The van der Waals surface area contributed by atoms with E-state index in [1.807, 2.05) is 0 Å². The predicted octanol–water partition coefficient (Wildman–Crippen LogP) is 3.05. The molecule has 0 aliphatic rings. The van der Waals surface area contributed by atoms with Crippen molar-refractivity contribution in [3.63, 3.8) is 0 Å². The first-order chi connectivity index (χ1) is 9.08. The minimum Gasteiger partial charge on any atom is -0.355 e. The molecule has 0 bridgehead atoms. The molecule has 4 nitrogen and oxygen atoms in total. The number of benzene rings is 1. The maximum Gasteiger partial charge on any atom is 0.251 e. The van der Waals surface area contributed by atoms with Gasteiger partial charge in [0.05, 0.1) is 10.7 Å². The Balaban J connectivity index is 2.71. The largest absolute Gasteiger partial charge is 0.355 e. The summed E-state index contributed by atoms with van der Waals surface area (Å²) in [5, 5.41) is 5.61. The fraction of sp³-hybridized carbons (Fsp3) is 0.385. The van der Waals surface area contributed by atoms with Gasteiger partial charge in [-0.3, -0.25) is 9.59 Å². The lowest BCUT2D eigenvalue weighted by Gasteiger charge is -2.09. The van der Waals surface area contributed by atoms with E-state index in [4.69, 9.17) is 23.2 Å². The standard InChI is InChI=1S/C13H16Cl2N2O2/c1-16-13(19)9-5-6-10(15)11(8-9)17-12(18)4-2-3-7-14/h5-6,8H,2-4,7H2,1H3,(H,16,19)(H,17,18). The van der Waals surface area contributed by atoms with Crippen molar-refractivity contribution in [3.05, 3.63) is 28.8 Å². The molecule has 0 aliphatic heterocycles. The molecule has 104 valence electrons. The van der Waals surface area contributed by atoms with Crippen LogP contribution in [0.4, 0.5) is 5.69 Å². The monoisotopic (exact) mass is 302 g/mol. The molecule has 0 aromatic heterocycles. The van der Waals surface area contributed by atoms with Crippen molar-refractivity contribution in [3.8, 4) is 0 Å². The molecule has 0 heterocycles. The number of carbonyl (C=O) groups is 2.